The van der Waals surface area contributed by atoms with Gasteiger partial charge in [-0.1, -0.05) is 6.92 Å². The molecule has 1 aliphatic rings. The highest BCUT2D eigenvalue weighted by Gasteiger charge is 2.23. The number of rotatable bonds is 3. The average Bonchev–Trinajstić information content (AvgIpc) is 2.97. The molecule has 0 fully saturated rings. The predicted octanol–water partition coefficient (Wildman–Crippen LogP) is 3.77. The molecule has 0 spiro atoms. The Morgan fingerprint density at radius 1 is 1.19 bits per heavy atom. The highest BCUT2D eigenvalue weighted by molar-refractivity contribution is 5.98. The zero-order chi connectivity index (χ0) is 15.0. The molecular formula is C17H20N2O2. The molecule has 1 aromatic heterocycles. The first-order chi connectivity index (χ1) is 10.2. The number of fused-ring (bicyclic) bond motifs is 3. The number of hydrogen-bond acceptors (Lipinski definition) is 3. The van der Waals surface area contributed by atoms with Crippen LogP contribution >= 0.6 is 0 Å². The van der Waals surface area contributed by atoms with Crippen molar-refractivity contribution in [2.24, 2.45) is 4.99 Å². The summed E-state index contributed by atoms with van der Waals surface area (Å²) in [7, 11) is 3.33. The zero-order valence-corrected chi connectivity index (χ0v) is 12.9. The van der Waals surface area contributed by atoms with Crippen LogP contribution in [0.5, 0.6) is 11.5 Å². The Labute approximate surface area is 125 Å². The molecule has 1 aromatic carbocycles. The lowest BCUT2D eigenvalue weighted by Gasteiger charge is -2.18. The highest BCUT2D eigenvalue weighted by Crippen LogP contribution is 2.39. The molecule has 1 aliphatic heterocycles. The summed E-state index contributed by atoms with van der Waals surface area (Å²) < 4.78 is 13.1. The van der Waals surface area contributed by atoms with Gasteiger partial charge in [0.05, 0.1) is 37.4 Å². The van der Waals surface area contributed by atoms with E-state index in [0.29, 0.717) is 0 Å². The average molecular weight is 284 g/mol. The standard InChI is InChI=1S/C17H20N2O2/c1-5-13-12-9-16(20-3)17(21-4)10-15(12)19-8-6-7-14(19)11(2)18-13/h6-10,13H,5H2,1-4H3. The molecule has 0 aliphatic carbocycles. The van der Waals surface area contributed by atoms with E-state index in [1.54, 1.807) is 14.2 Å². The third-order valence-electron chi connectivity index (χ3n) is 4.01. The SMILES string of the molecule is CCC1N=C(C)c2cccn2-c2cc(OC)c(OC)cc21. The summed E-state index contributed by atoms with van der Waals surface area (Å²) in [6.45, 7) is 4.22. The minimum atomic E-state index is 0.139. The number of aliphatic imine (C=N–C) groups is 1. The largest absolute Gasteiger partial charge is 0.493 e. The lowest BCUT2D eigenvalue weighted by Crippen LogP contribution is -2.04. The Hall–Kier alpha value is -2.23. The maximum Gasteiger partial charge on any atom is 0.162 e. The second-order valence-electron chi connectivity index (χ2n) is 5.17. The molecule has 1 unspecified atom stereocenters. The van der Waals surface area contributed by atoms with Gasteiger partial charge < -0.3 is 14.0 Å². The summed E-state index contributed by atoms with van der Waals surface area (Å²) in [4.78, 5) is 4.88. The lowest BCUT2D eigenvalue weighted by molar-refractivity contribution is 0.354. The van der Waals surface area contributed by atoms with Crippen LogP contribution in [0.1, 0.15) is 37.6 Å². The molecule has 4 heteroatoms. The van der Waals surface area contributed by atoms with Crippen molar-refractivity contribution in [1.82, 2.24) is 4.57 Å². The number of nitrogens with zero attached hydrogens (tertiary/aromatic N) is 2. The third-order valence-corrected chi connectivity index (χ3v) is 4.01. The van der Waals surface area contributed by atoms with E-state index in [9.17, 15) is 0 Å². The molecule has 0 amide bonds. The summed E-state index contributed by atoms with van der Waals surface area (Å²) in [5.41, 5.74) is 4.46. The van der Waals surface area contributed by atoms with Crippen molar-refractivity contribution in [2.45, 2.75) is 26.3 Å². The summed E-state index contributed by atoms with van der Waals surface area (Å²) in [5.74, 6) is 1.49. The molecule has 21 heavy (non-hydrogen) atoms. The van der Waals surface area contributed by atoms with Crippen LogP contribution in [0.2, 0.25) is 0 Å². The molecule has 2 heterocycles. The smallest absolute Gasteiger partial charge is 0.162 e. The van der Waals surface area contributed by atoms with Crippen molar-refractivity contribution in [3.63, 3.8) is 0 Å². The van der Waals surface area contributed by atoms with Crippen LogP contribution in [0.4, 0.5) is 0 Å². The maximum atomic E-state index is 5.45. The molecule has 110 valence electrons. The number of ether oxygens (including phenoxy) is 2. The van der Waals surface area contributed by atoms with E-state index in [0.717, 1.165) is 35.0 Å². The van der Waals surface area contributed by atoms with Gasteiger partial charge in [-0.3, -0.25) is 4.99 Å². The van der Waals surface area contributed by atoms with E-state index in [1.807, 2.05) is 18.2 Å². The van der Waals surface area contributed by atoms with Gasteiger partial charge in [0.25, 0.3) is 0 Å². The summed E-state index contributed by atoms with van der Waals surface area (Å²) in [6, 6.07) is 8.36. The summed E-state index contributed by atoms with van der Waals surface area (Å²) >= 11 is 0. The summed E-state index contributed by atoms with van der Waals surface area (Å²) in [5, 5.41) is 0. The van der Waals surface area contributed by atoms with Crippen LogP contribution in [0.25, 0.3) is 5.69 Å². The zero-order valence-electron chi connectivity index (χ0n) is 12.9. The molecule has 0 saturated carbocycles. The Balaban J connectivity index is 2.31. The number of benzene rings is 1. The van der Waals surface area contributed by atoms with E-state index in [4.69, 9.17) is 14.5 Å². The van der Waals surface area contributed by atoms with Crippen LogP contribution in [-0.4, -0.2) is 24.5 Å². The van der Waals surface area contributed by atoms with Gasteiger partial charge in [0.2, 0.25) is 0 Å². The second kappa shape index (κ2) is 5.28. The monoisotopic (exact) mass is 284 g/mol. The van der Waals surface area contributed by atoms with Gasteiger partial charge in [0.15, 0.2) is 11.5 Å². The maximum absolute atomic E-state index is 5.45. The fourth-order valence-corrected chi connectivity index (χ4v) is 2.93. The van der Waals surface area contributed by atoms with Gasteiger partial charge in [-0.25, -0.2) is 0 Å². The Kier molecular flexibility index (Phi) is 3.45. The van der Waals surface area contributed by atoms with Crippen molar-refractivity contribution in [2.75, 3.05) is 14.2 Å². The lowest BCUT2D eigenvalue weighted by atomic mass is 10.0. The van der Waals surface area contributed by atoms with Crippen molar-refractivity contribution < 1.29 is 9.47 Å². The van der Waals surface area contributed by atoms with Gasteiger partial charge in [-0.15, -0.1) is 0 Å². The minimum Gasteiger partial charge on any atom is -0.493 e. The molecule has 3 rings (SSSR count). The van der Waals surface area contributed by atoms with Gasteiger partial charge in [0.1, 0.15) is 0 Å². The molecule has 4 nitrogen and oxygen atoms in total. The quantitative estimate of drug-likeness (QED) is 0.860. The van der Waals surface area contributed by atoms with Gasteiger partial charge in [-0.05, 0) is 31.5 Å². The summed E-state index contributed by atoms with van der Waals surface area (Å²) in [6.07, 6.45) is 3.02. The van der Waals surface area contributed by atoms with Crippen molar-refractivity contribution in [3.8, 4) is 17.2 Å². The van der Waals surface area contributed by atoms with Gasteiger partial charge in [-0.2, -0.15) is 0 Å². The van der Waals surface area contributed by atoms with E-state index in [-0.39, 0.29) is 6.04 Å². The van der Waals surface area contributed by atoms with Crippen molar-refractivity contribution in [1.29, 1.82) is 0 Å². The van der Waals surface area contributed by atoms with Crippen LogP contribution < -0.4 is 9.47 Å². The number of hydrogen-bond donors (Lipinski definition) is 0. The third kappa shape index (κ3) is 2.11. The topological polar surface area (TPSA) is 35.8 Å². The Morgan fingerprint density at radius 2 is 1.90 bits per heavy atom. The van der Waals surface area contributed by atoms with Crippen LogP contribution in [0.15, 0.2) is 35.5 Å². The van der Waals surface area contributed by atoms with E-state index < -0.39 is 0 Å². The van der Waals surface area contributed by atoms with Crippen LogP contribution in [0.3, 0.4) is 0 Å². The van der Waals surface area contributed by atoms with E-state index in [1.165, 1.54) is 5.56 Å². The fourth-order valence-electron chi connectivity index (χ4n) is 2.93. The molecule has 2 aromatic rings. The Morgan fingerprint density at radius 3 is 2.57 bits per heavy atom. The first kappa shape index (κ1) is 13.7. The molecular weight excluding hydrogens is 264 g/mol. The van der Waals surface area contributed by atoms with Crippen LogP contribution in [0, 0.1) is 0 Å². The molecule has 0 N–H and O–H groups in total. The van der Waals surface area contributed by atoms with Gasteiger partial charge >= 0.3 is 0 Å². The van der Waals surface area contributed by atoms with Crippen LogP contribution in [-0.2, 0) is 0 Å². The highest BCUT2D eigenvalue weighted by atomic mass is 16.5. The molecule has 1 atom stereocenters. The second-order valence-corrected chi connectivity index (χ2v) is 5.17. The Bertz CT molecular complexity index is 701. The molecule has 0 radical (unpaired) electrons. The predicted molar refractivity (Wildman–Crippen MR) is 84.1 cm³/mol. The van der Waals surface area contributed by atoms with Crippen molar-refractivity contribution >= 4 is 5.71 Å². The van der Waals surface area contributed by atoms with E-state index >= 15 is 0 Å². The fraction of sp³-hybridized carbons (Fsp3) is 0.353. The normalized spacial score (nSPS) is 16.6. The van der Waals surface area contributed by atoms with E-state index in [2.05, 4.69) is 30.7 Å². The first-order valence-corrected chi connectivity index (χ1v) is 7.18. The molecule has 0 bridgehead atoms. The van der Waals surface area contributed by atoms with Crippen molar-refractivity contribution in [3.05, 3.63) is 41.7 Å². The van der Waals surface area contributed by atoms with Gasteiger partial charge in [0, 0.05) is 17.8 Å². The molecule has 0 saturated heterocycles. The first-order valence-electron chi connectivity index (χ1n) is 7.18. The number of methoxy groups -OCH3 is 2. The number of aromatic nitrogens is 1. The minimum absolute atomic E-state index is 0.139.